The summed E-state index contributed by atoms with van der Waals surface area (Å²) in [7, 11) is 0. The zero-order chi connectivity index (χ0) is 12.8. The molecule has 0 radical (unpaired) electrons. The highest BCUT2D eigenvalue weighted by Gasteiger charge is 2.11. The van der Waals surface area contributed by atoms with Gasteiger partial charge in [0.15, 0.2) is 0 Å². The van der Waals surface area contributed by atoms with Crippen LogP contribution in [-0.2, 0) is 0 Å². The van der Waals surface area contributed by atoms with Gasteiger partial charge in [-0.1, -0.05) is 35.5 Å². The van der Waals surface area contributed by atoms with Crippen LogP contribution in [0.3, 0.4) is 0 Å². The van der Waals surface area contributed by atoms with Crippen LogP contribution >= 0.6 is 0 Å². The quantitative estimate of drug-likeness (QED) is 0.351. The van der Waals surface area contributed by atoms with Crippen LogP contribution in [0.1, 0.15) is 12.0 Å². The van der Waals surface area contributed by atoms with Gasteiger partial charge < -0.3 is 0 Å². The number of nitrogens with zero attached hydrogens (tertiary/aromatic N) is 5. The summed E-state index contributed by atoms with van der Waals surface area (Å²) in [6.45, 7) is 2.22. The van der Waals surface area contributed by atoms with Gasteiger partial charge >= 0.3 is 0 Å². The summed E-state index contributed by atoms with van der Waals surface area (Å²) in [5.41, 5.74) is 11.4. The molecule has 1 aliphatic heterocycles. The van der Waals surface area contributed by atoms with Crippen LogP contribution in [0.15, 0.2) is 35.5 Å². The van der Waals surface area contributed by atoms with Crippen molar-refractivity contribution in [3.63, 3.8) is 0 Å². The first-order valence-electron chi connectivity index (χ1n) is 5.77. The van der Waals surface area contributed by atoms with Crippen LogP contribution in [0, 0.1) is 11.3 Å². The van der Waals surface area contributed by atoms with Crippen LogP contribution in [0.5, 0.6) is 0 Å². The number of azide groups is 1. The summed E-state index contributed by atoms with van der Waals surface area (Å²) in [4.78, 5) is 4.86. The van der Waals surface area contributed by atoms with Crippen molar-refractivity contribution >= 4 is 11.3 Å². The lowest BCUT2D eigenvalue weighted by Crippen LogP contribution is -2.28. The van der Waals surface area contributed by atoms with Crippen molar-refractivity contribution in [2.24, 2.45) is 5.11 Å². The van der Waals surface area contributed by atoms with Gasteiger partial charge in [0, 0.05) is 23.7 Å². The zero-order valence-electron chi connectivity index (χ0n) is 9.95. The summed E-state index contributed by atoms with van der Waals surface area (Å²) in [6, 6.07) is 9.73. The zero-order valence-corrected chi connectivity index (χ0v) is 9.95. The Kier molecular flexibility index (Phi) is 3.98. The molecule has 5 nitrogen and oxygen atoms in total. The molecule has 0 N–H and O–H groups in total. The maximum atomic E-state index is 8.63. The van der Waals surface area contributed by atoms with Crippen molar-refractivity contribution in [3.8, 4) is 6.07 Å². The fourth-order valence-corrected chi connectivity index (χ4v) is 2.01. The van der Waals surface area contributed by atoms with Gasteiger partial charge in [-0.3, -0.25) is 4.90 Å². The minimum atomic E-state index is 0.486. The number of rotatable bonds is 3. The van der Waals surface area contributed by atoms with Gasteiger partial charge in [-0.05, 0) is 23.1 Å². The highest BCUT2D eigenvalue weighted by Crippen LogP contribution is 2.24. The third-order valence-corrected chi connectivity index (χ3v) is 2.99. The first kappa shape index (κ1) is 12.2. The third kappa shape index (κ3) is 2.89. The molecule has 0 fully saturated rings. The highest BCUT2D eigenvalue weighted by atomic mass is 15.1. The summed E-state index contributed by atoms with van der Waals surface area (Å²) < 4.78 is 0. The van der Waals surface area contributed by atoms with Crippen molar-refractivity contribution in [2.45, 2.75) is 6.42 Å². The van der Waals surface area contributed by atoms with E-state index in [1.54, 1.807) is 0 Å². The van der Waals surface area contributed by atoms with E-state index in [4.69, 9.17) is 10.8 Å². The molecular weight excluding hydrogens is 226 g/mol. The van der Waals surface area contributed by atoms with Crippen LogP contribution in [0.25, 0.3) is 16.0 Å². The molecule has 0 bridgehead atoms. The fraction of sp³-hybridized carbons (Fsp3) is 0.308. The van der Waals surface area contributed by atoms with Crippen LogP contribution in [-0.4, -0.2) is 24.5 Å². The van der Waals surface area contributed by atoms with Gasteiger partial charge in [-0.25, -0.2) is 0 Å². The summed E-state index contributed by atoms with van der Waals surface area (Å²) in [6.07, 6.45) is 3.10. The molecule has 0 atom stereocenters. The Balaban J connectivity index is 2.09. The van der Waals surface area contributed by atoms with Crippen molar-refractivity contribution in [1.82, 2.24) is 4.90 Å². The fourth-order valence-electron chi connectivity index (χ4n) is 2.01. The van der Waals surface area contributed by atoms with E-state index >= 15 is 0 Å². The van der Waals surface area contributed by atoms with Gasteiger partial charge in [0.1, 0.15) is 0 Å². The Morgan fingerprint density at radius 2 is 2.17 bits per heavy atom. The van der Waals surface area contributed by atoms with Crippen molar-refractivity contribution in [2.75, 3.05) is 19.6 Å². The summed E-state index contributed by atoms with van der Waals surface area (Å²) >= 11 is 0. The second kappa shape index (κ2) is 5.87. The predicted molar refractivity (Wildman–Crippen MR) is 69.9 cm³/mol. The van der Waals surface area contributed by atoms with E-state index in [9.17, 15) is 0 Å². The first-order valence-corrected chi connectivity index (χ1v) is 5.77. The minimum Gasteiger partial charge on any atom is -0.287 e. The van der Waals surface area contributed by atoms with E-state index in [1.807, 2.05) is 24.3 Å². The van der Waals surface area contributed by atoms with E-state index in [1.165, 1.54) is 5.57 Å². The molecule has 0 aliphatic carbocycles. The molecule has 18 heavy (non-hydrogen) atoms. The molecule has 0 saturated carbocycles. The number of hydrogen-bond acceptors (Lipinski definition) is 3. The average molecular weight is 239 g/mol. The number of hydrogen-bond donors (Lipinski definition) is 0. The van der Waals surface area contributed by atoms with E-state index in [2.05, 4.69) is 27.1 Å². The van der Waals surface area contributed by atoms with Gasteiger partial charge in [-0.15, -0.1) is 0 Å². The molecule has 0 spiro atoms. The first-order chi connectivity index (χ1) is 8.83. The van der Waals surface area contributed by atoms with Crippen LogP contribution < -0.4 is 0 Å². The molecule has 0 amide bonds. The monoisotopic (exact) mass is 239 g/mol. The van der Waals surface area contributed by atoms with E-state index in [0.717, 1.165) is 25.1 Å². The van der Waals surface area contributed by atoms with E-state index in [-0.39, 0.29) is 0 Å². The normalized spacial score (nSPS) is 15.4. The topological polar surface area (TPSA) is 75.8 Å². The molecule has 1 heterocycles. The molecule has 0 saturated heterocycles. The second-order valence-corrected chi connectivity index (χ2v) is 4.11. The third-order valence-electron chi connectivity index (χ3n) is 2.99. The lowest BCUT2D eigenvalue weighted by Gasteiger charge is -2.23. The maximum Gasteiger partial charge on any atom is 0.0868 e. The number of nitriles is 1. The lowest BCUT2D eigenvalue weighted by molar-refractivity contribution is 0.338. The van der Waals surface area contributed by atoms with E-state index < -0.39 is 0 Å². The van der Waals surface area contributed by atoms with Crippen molar-refractivity contribution < 1.29 is 0 Å². The van der Waals surface area contributed by atoms with Gasteiger partial charge in [0.2, 0.25) is 0 Å². The van der Waals surface area contributed by atoms with Crippen molar-refractivity contribution in [1.29, 1.82) is 5.26 Å². The summed E-state index contributed by atoms with van der Waals surface area (Å²) in [5.74, 6) is 0. The summed E-state index contributed by atoms with van der Waals surface area (Å²) in [5, 5.41) is 12.2. The molecule has 90 valence electrons. The SMILES string of the molecule is N#CCN1CC=C(c2ccc(N=[N+]=[N-])cc2)CC1. The lowest BCUT2D eigenvalue weighted by atomic mass is 9.99. The van der Waals surface area contributed by atoms with Crippen LogP contribution in [0.4, 0.5) is 5.69 Å². The minimum absolute atomic E-state index is 0.486. The largest absolute Gasteiger partial charge is 0.287 e. The predicted octanol–water partition coefficient (Wildman–Crippen LogP) is 3.24. The van der Waals surface area contributed by atoms with Crippen molar-refractivity contribution in [3.05, 3.63) is 46.3 Å². The second-order valence-electron chi connectivity index (χ2n) is 4.11. The Morgan fingerprint density at radius 3 is 2.72 bits per heavy atom. The molecule has 1 aliphatic rings. The smallest absolute Gasteiger partial charge is 0.0868 e. The molecule has 0 unspecified atom stereocenters. The average Bonchev–Trinajstić information content (AvgIpc) is 2.41. The Morgan fingerprint density at radius 1 is 1.39 bits per heavy atom. The number of benzene rings is 1. The highest BCUT2D eigenvalue weighted by molar-refractivity contribution is 5.67. The van der Waals surface area contributed by atoms with Crippen LogP contribution in [0.2, 0.25) is 0 Å². The van der Waals surface area contributed by atoms with Gasteiger partial charge in [0.25, 0.3) is 0 Å². The molecule has 1 aromatic rings. The molecule has 5 heteroatoms. The van der Waals surface area contributed by atoms with Gasteiger partial charge in [-0.2, -0.15) is 5.26 Å². The Hall–Kier alpha value is -2.28. The molecule has 2 rings (SSSR count). The van der Waals surface area contributed by atoms with E-state index in [0.29, 0.717) is 12.2 Å². The molecule has 0 aromatic heterocycles. The van der Waals surface area contributed by atoms with Gasteiger partial charge in [0.05, 0.1) is 12.6 Å². The maximum absolute atomic E-state index is 8.63. The Bertz CT molecular complexity index is 531. The molecular formula is C13H13N5. The standard InChI is InChI=1S/C13H13N5/c14-7-10-18-8-5-12(6-9-18)11-1-3-13(4-2-11)16-17-15/h1-5H,6,8-10H2. The molecule has 1 aromatic carbocycles. The Labute approximate surface area is 106 Å².